The number of carboxylic acids is 1. The fourth-order valence-electron chi connectivity index (χ4n) is 3.05. The molecule has 0 bridgehead atoms. The largest absolute Gasteiger partial charge is 0.496 e. The summed E-state index contributed by atoms with van der Waals surface area (Å²) in [7, 11) is 1.49. The Labute approximate surface area is 146 Å². The van der Waals surface area contributed by atoms with Gasteiger partial charge in [0.05, 0.1) is 25.5 Å². The molecule has 0 saturated carbocycles. The van der Waals surface area contributed by atoms with E-state index in [-0.39, 0.29) is 24.5 Å². The first-order valence-electron chi connectivity index (χ1n) is 8.14. The minimum absolute atomic E-state index is 0.00647. The molecule has 25 heavy (non-hydrogen) atoms. The van der Waals surface area contributed by atoms with Crippen LogP contribution in [-0.4, -0.2) is 48.6 Å². The van der Waals surface area contributed by atoms with E-state index in [1.807, 2.05) is 0 Å². The summed E-state index contributed by atoms with van der Waals surface area (Å²) in [4.78, 5) is 35.3. The second-order valence-electron chi connectivity index (χ2n) is 6.27. The number of carbonyl (C=O) groups excluding carboxylic acids is 2. The summed E-state index contributed by atoms with van der Waals surface area (Å²) >= 11 is 0. The van der Waals surface area contributed by atoms with E-state index in [2.05, 4.69) is 5.32 Å². The number of hydrogen-bond donors (Lipinski definition) is 2. The number of Topliss-reactive ketones (excluding diaryl/α,β-unsaturated/α-hetero) is 1. The molecule has 136 valence electrons. The first-order chi connectivity index (χ1) is 11.8. The number of aliphatic carboxylic acids is 1. The molecule has 0 atom stereocenters. The molecule has 1 saturated heterocycles. The minimum Gasteiger partial charge on any atom is -0.496 e. The zero-order valence-electron chi connectivity index (χ0n) is 14.5. The molecule has 7 nitrogen and oxygen atoms in total. The third kappa shape index (κ3) is 5.03. The highest BCUT2D eigenvalue weighted by molar-refractivity contribution is 5.94. The van der Waals surface area contributed by atoms with Crippen LogP contribution < -0.4 is 10.1 Å². The van der Waals surface area contributed by atoms with Gasteiger partial charge in [0.25, 0.3) is 0 Å². The predicted octanol–water partition coefficient (Wildman–Crippen LogP) is 1.58. The van der Waals surface area contributed by atoms with Gasteiger partial charge in [-0.05, 0) is 38.0 Å². The summed E-state index contributed by atoms with van der Waals surface area (Å²) in [6, 6.07) is 4.93. The molecule has 0 spiro atoms. The SMILES string of the molecule is COc1ccc(C(C)=O)cc1CC(=O)NC1(CC(=O)O)CCOCC1. The Morgan fingerprint density at radius 1 is 1.28 bits per heavy atom. The topological polar surface area (TPSA) is 102 Å². The lowest BCUT2D eigenvalue weighted by Gasteiger charge is -2.36. The number of hydrogen-bond acceptors (Lipinski definition) is 5. The fraction of sp³-hybridized carbons (Fsp3) is 0.500. The lowest BCUT2D eigenvalue weighted by molar-refractivity contribution is -0.140. The third-order valence-corrected chi connectivity index (χ3v) is 4.38. The summed E-state index contributed by atoms with van der Waals surface area (Å²) in [6.07, 6.45) is 0.768. The Kier molecular flexibility index (Phi) is 6.14. The highest BCUT2D eigenvalue weighted by Gasteiger charge is 2.36. The molecule has 0 aromatic heterocycles. The van der Waals surface area contributed by atoms with Gasteiger partial charge in [-0.2, -0.15) is 0 Å². The van der Waals surface area contributed by atoms with Crippen LogP contribution in [0.5, 0.6) is 5.75 Å². The van der Waals surface area contributed by atoms with Crippen LogP contribution in [-0.2, 0) is 20.7 Å². The van der Waals surface area contributed by atoms with Gasteiger partial charge in [-0.15, -0.1) is 0 Å². The van der Waals surface area contributed by atoms with E-state index in [1.54, 1.807) is 18.2 Å². The number of carbonyl (C=O) groups is 3. The van der Waals surface area contributed by atoms with E-state index in [9.17, 15) is 14.4 Å². The van der Waals surface area contributed by atoms with Gasteiger partial charge >= 0.3 is 5.97 Å². The van der Waals surface area contributed by atoms with Crippen molar-refractivity contribution in [3.05, 3.63) is 29.3 Å². The zero-order chi connectivity index (χ0) is 18.4. The van der Waals surface area contributed by atoms with Gasteiger partial charge in [-0.25, -0.2) is 0 Å². The number of methoxy groups -OCH3 is 1. The number of rotatable bonds is 7. The Morgan fingerprint density at radius 2 is 1.96 bits per heavy atom. The Bertz CT molecular complexity index is 664. The van der Waals surface area contributed by atoms with Crippen molar-refractivity contribution in [1.29, 1.82) is 0 Å². The molecule has 1 heterocycles. The second-order valence-corrected chi connectivity index (χ2v) is 6.27. The molecule has 1 amide bonds. The Balaban J connectivity index is 2.16. The van der Waals surface area contributed by atoms with Crippen LogP contribution in [0.4, 0.5) is 0 Å². The fourth-order valence-corrected chi connectivity index (χ4v) is 3.05. The van der Waals surface area contributed by atoms with Crippen molar-refractivity contribution in [2.75, 3.05) is 20.3 Å². The van der Waals surface area contributed by atoms with Crippen molar-refractivity contribution in [2.24, 2.45) is 0 Å². The second kappa shape index (κ2) is 8.11. The minimum atomic E-state index is -0.960. The molecule has 0 radical (unpaired) electrons. The molecular weight excluding hydrogens is 326 g/mol. The molecule has 1 aliphatic rings. The van der Waals surface area contributed by atoms with Crippen LogP contribution >= 0.6 is 0 Å². The average molecular weight is 349 g/mol. The van der Waals surface area contributed by atoms with E-state index in [0.29, 0.717) is 42.9 Å². The summed E-state index contributed by atoms with van der Waals surface area (Å²) in [5, 5.41) is 12.0. The van der Waals surface area contributed by atoms with Crippen molar-refractivity contribution in [1.82, 2.24) is 5.32 Å². The van der Waals surface area contributed by atoms with Gasteiger partial charge in [-0.1, -0.05) is 0 Å². The van der Waals surface area contributed by atoms with Gasteiger partial charge in [0.1, 0.15) is 5.75 Å². The number of amides is 1. The van der Waals surface area contributed by atoms with Crippen LogP contribution in [0.3, 0.4) is 0 Å². The third-order valence-electron chi connectivity index (χ3n) is 4.38. The van der Waals surface area contributed by atoms with Gasteiger partial charge in [-0.3, -0.25) is 14.4 Å². The lowest BCUT2D eigenvalue weighted by atomic mass is 9.86. The lowest BCUT2D eigenvalue weighted by Crippen LogP contribution is -2.53. The molecule has 1 fully saturated rings. The number of ketones is 1. The Morgan fingerprint density at radius 3 is 2.52 bits per heavy atom. The van der Waals surface area contributed by atoms with E-state index in [1.165, 1.54) is 14.0 Å². The van der Waals surface area contributed by atoms with Crippen molar-refractivity contribution in [3.63, 3.8) is 0 Å². The van der Waals surface area contributed by atoms with Crippen LogP contribution in [0.1, 0.15) is 42.1 Å². The molecule has 1 aliphatic heterocycles. The van der Waals surface area contributed by atoms with Crippen molar-refractivity contribution >= 4 is 17.7 Å². The number of ether oxygens (including phenoxy) is 2. The van der Waals surface area contributed by atoms with Crippen molar-refractivity contribution in [3.8, 4) is 5.75 Å². The quantitative estimate of drug-likeness (QED) is 0.725. The maximum atomic E-state index is 12.5. The summed E-state index contributed by atoms with van der Waals surface area (Å²) in [5.74, 6) is -0.851. The van der Waals surface area contributed by atoms with E-state index in [0.717, 1.165) is 0 Å². The van der Waals surface area contributed by atoms with Crippen molar-refractivity contribution < 1.29 is 29.0 Å². The van der Waals surface area contributed by atoms with Crippen LogP contribution in [0, 0.1) is 0 Å². The van der Waals surface area contributed by atoms with Crippen molar-refractivity contribution in [2.45, 2.75) is 38.1 Å². The predicted molar refractivity (Wildman–Crippen MR) is 89.9 cm³/mol. The zero-order valence-corrected chi connectivity index (χ0v) is 14.5. The van der Waals surface area contributed by atoms with Crippen LogP contribution in [0.15, 0.2) is 18.2 Å². The van der Waals surface area contributed by atoms with Gasteiger partial charge in [0, 0.05) is 24.3 Å². The molecule has 0 unspecified atom stereocenters. The smallest absolute Gasteiger partial charge is 0.305 e. The van der Waals surface area contributed by atoms with Crippen LogP contribution in [0.25, 0.3) is 0 Å². The maximum Gasteiger partial charge on any atom is 0.305 e. The van der Waals surface area contributed by atoms with Gasteiger partial charge < -0.3 is 19.9 Å². The normalized spacial score (nSPS) is 16.1. The Hall–Kier alpha value is -2.41. The summed E-state index contributed by atoms with van der Waals surface area (Å²) < 4.78 is 10.5. The number of benzene rings is 1. The first-order valence-corrected chi connectivity index (χ1v) is 8.14. The highest BCUT2D eigenvalue weighted by atomic mass is 16.5. The number of nitrogens with one attached hydrogen (secondary N) is 1. The van der Waals surface area contributed by atoms with Gasteiger partial charge in [0.15, 0.2) is 5.78 Å². The molecular formula is C18H23NO6. The monoisotopic (exact) mass is 349 g/mol. The number of carboxylic acid groups (broad SMARTS) is 1. The first kappa shape index (κ1) is 18.9. The van der Waals surface area contributed by atoms with E-state index >= 15 is 0 Å². The maximum absolute atomic E-state index is 12.5. The average Bonchev–Trinajstić information content (AvgIpc) is 2.54. The standard InChI is InChI=1S/C18H23NO6/c1-12(20)13-3-4-15(24-2)14(9-13)10-16(21)19-18(11-17(22)23)5-7-25-8-6-18/h3-4,9H,5-8,10-11H2,1-2H3,(H,19,21)(H,22,23). The molecule has 2 N–H and O–H groups in total. The highest BCUT2D eigenvalue weighted by Crippen LogP contribution is 2.26. The van der Waals surface area contributed by atoms with Gasteiger partial charge in [0.2, 0.25) is 5.91 Å². The van der Waals surface area contributed by atoms with Crippen LogP contribution in [0.2, 0.25) is 0 Å². The molecule has 1 aromatic carbocycles. The molecule has 0 aliphatic carbocycles. The van der Waals surface area contributed by atoms with E-state index < -0.39 is 11.5 Å². The summed E-state index contributed by atoms with van der Waals surface area (Å²) in [5.41, 5.74) is 0.284. The summed E-state index contributed by atoms with van der Waals surface area (Å²) in [6.45, 7) is 2.28. The van der Waals surface area contributed by atoms with E-state index in [4.69, 9.17) is 14.6 Å². The molecule has 2 rings (SSSR count). The molecule has 7 heteroatoms. The molecule has 1 aromatic rings.